The normalized spacial score (nSPS) is 17.0. The zero-order chi connectivity index (χ0) is 12.4. The van der Waals surface area contributed by atoms with Gasteiger partial charge in [-0.25, -0.2) is 0 Å². The summed E-state index contributed by atoms with van der Waals surface area (Å²) in [7, 11) is 0. The third kappa shape index (κ3) is 1.77. The maximum absolute atomic E-state index is 5.25. The molecule has 1 saturated heterocycles. The third-order valence-electron chi connectivity index (χ3n) is 3.37. The molecule has 0 saturated carbocycles. The Labute approximate surface area is 112 Å². The first-order valence-electron chi connectivity index (χ1n) is 5.98. The van der Waals surface area contributed by atoms with Crippen LogP contribution in [0.25, 0.3) is 0 Å². The smallest absolute Gasteiger partial charge is 0.167 e. The summed E-state index contributed by atoms with van der Waals surface area (Å²) in [6.45, 7) is 0.778. The van der Waals surface area contributed by atoms with Crippen molar-refractivity contribution in [3.63, 3.8) is 0 Å². The highest BCUT2D eigenvalue weighted by Crippen LogP contribution is 2.31. The van der Waals surface area contributed by atoms with Crippen molar-refractivity contribution in [1.82, 2.24) is 10.6 Å². The summed E-state index contributed by atoms with van der Waals surface area (Å²) in [5, 5.41) is 7.36. The molecule has 18 heavy (non-hydrogen) atoms. The number of benzene rings is 2. The molecule has 0 atom stereocenters. The van der Waals surface area contributed by atoms with Crippen molar-refractivity contribution in [2.45, 2.75) is 5.54 Å². The highest BCUT2D eigenvalue weighted by molar-refractivity contribution is 7.80. The van der Waals surface area contributed by atoms with Crippen LogP contribution in [-0.4, -0.2) is 11.7 Å². The number of nitrogens with one attached hydrogen (secondary N) is 2. The molecule has 3 rings (SSSR count). The van der Waals surface area contributed by atoms with E-state index in [1.54, 1.807) is 0 Å². The zero-order valence-corrected chi connectivity index (χ0v) is 10.7. The highest BCUT2D eigenvalue weighted by atomic mass is 32.1. The molecule has 1 fully saturated rings. The van der Waals surface area contributed by atoms with Gasteiger partial charge in [0, 0.05) is 6.54 Å². The van der Waals surface area contributed by atoms with Crippen LogP contribution in [0.15, 0.2) is 60.7 Å². The lowest BCUT2D eigenvalue weighted by molar-refractivity contribution is 0.524. The van der Waals surface area contributed by atoms with E-state index in [2.05, 4.69) is 59.2 Å². The zero-order valence-electron chi connectivity index (χ0n) is 9.89. The van der Waals surface area contributed by atoms with Gasteiger partial charge in [0.1, 0.15) is 5.54 Å². The highest BCUT2D eigenvalue weighted by Gasteiger charge is 2.39. The Kier molecular flexibility index (Phi) is 2.76. The van der Waals surface area contributed by atoms with Crippen LogP contribution >= 0.6 is 12.2 Å². The fourth-order valence-electron chi connectivity index (χ4n) is 2.46. The lowest BCUT2D eigenvalue weighted by Crippen LogP contribution is -2.41. The molecule has 0 aromatic heterocycles. The van der Waals surface area contributed by atoms with Crippen LogP contribution in [0.4, 0.5) is 0 Å². The molecule has 3 heteroatoms. The third-order valence-corrected chi connectivity index (χ3v) is 3.62. The van der Waals surface area contributed by atoms with E-state index in [-0.39, 0.29) is 5.54 Å². The average molecular weight is 254 g/mol. The number of thiocarbonyl (C=S) groups is 1. The molecule has 0 aliphatic carbocycles. The second-order valence-electron chi connectivity index (χ2n) is 4.45. The van der Waals surface area contributed by atoms with Crippen LogP contribution in [0.2, 0.25) is 0 Å². The largest absolute Gasteiger partial charge is 0.360 e. The van der Waals surface area contributed by atoms with Crippen LogP contribution < -0.4 is 10.6 Å². The molecule has 2 nitrogen and oxygen atoms in total. The molecule has 2 aromatic carbocycles. The van der Waals surface area contributed by atoms with Crippen molar-refractivity contribution >= 4 is 17.3 Å². The Morgan fingerprint density at radius 3 is 1.72 bits per heavy atom. The minimum atomic E-state index is -0.250. The number of hydrogen-bond acceptors (Lipinski definition) is 1. The Morgan fingerprint density at radius 2 is 1.33 bits per heavy atom. The predicted molar refractivity (Wildman–Crippen MR) is 77.4 cm³/mol. The summed E-state index contributed by atoms with van der Waals surface area (Å²) in [5.74, 6) is 0. The molecular formula is C15H14N2S. The lowest BCUT2D eigenvalue weighted by Gasteiger charge is -2.29. The summed E-state index contributed by atoms with van der Waals surface area (Å²) < 4.78 is 0. The average Bonchev–Trinajstić information content (AvgIpc) is 2.84. The van der Waals surface area contributed by atoms with Gasteiger partial charge in [-0.15, -0.1) is 0 Å². The van der Waals surface area contributed by atoms with E-state index in [1.165, 1.54) is 11.1 Å². The Morgan fingerprint density at radius 1 is 0.833 bits per heavy atom. The van der Waals surface area contributed by atoms with E-state index < -0.39 is 0 Å². The summed E-state index contributed by atoms with van der Waals surface area (Å²) in [6.07, 6.45) is 0. The molecule has 0 amide bonds. The molecule has 0 bridgehead atoms. The second kappa shape index (κ2) is 4.42. The van der Waals surface area contributed by atoms with Crippen LogP contribution in [0, 0.1) is 0 Å². The lowest BCUT2D eigenvalue weighted by atomic mass is 9.84. The van der Waals surface area contributed by atoms with E-state index in [0.29, 0.717) is 5.11 Å². The fourth-order valence-corrected chi connectivity index (χ4v) is 2.70. The van der Waals surface area contributed by atoms with E-state index in [0.717, 1.165) is 6.54 Å². The van der Waals surface area contributed by atoms with Gasteiger partial charge in [-0.1, -0.05) is 60.7 Å². The minimum absolute atomic E-state index is 0.250. The van der Waals surface area contributed by atoms with Crippen molar-refractivity contribution in [3.8, 4) is 0 Å². The van der Waals surface area contributed by atoms with E-state index in [4.69, 9.17) is 12.2 Å². The maximum atomic E-state index is 5.25. The van der Waals surface area contributed by atoms with Crippen LogP contribution in [0.1, 0.15) is 11.1 Å². The van der Waals surface area contributed by atoms with Crippen LogP contribution in [-0.2, 0) is 5.54 Å². The molecule has 0 spiro atoms. The summed E-state index contributed by atoms with van der Waals surface area (Å²) >= 11 is 5.25. The van der Waals surface area contributed by atoms with Gasteiger partial charge in [-0.2, -0.15) is 0 Å². The topological polar surface area (TPSA) is 24.1 Å². The van der Waals surface area contributed by atoms with Gasteiger partial charge in [0.05, 0.1) is 0 Å². The first-order valence-corrected chi connectivity index (χ1v) is 6.39. The van der Waals surface area contributed by atoms with Gasteiger partial charge in [0.2, 0.25) is 0 Å². The number of hydrogen-bond donors (Lipinski definition) is 2. The van der Waals surface area contributed by atoms with Gasteiger partial charge in [-0.3, -0.25) is 0 Å². The second-order valence-corrected chi connectivity index (χ2v) is 4.85. The molecule has 0 unspecified atom stereocenters. The molecule has 2 N–H and O–H groups in total. The van der Waals surface area contributed by atoms with Crippen LogP contribution in [0.3, 0.4) is 0 Å². The van der Waals surface area contributed by atoms with Crippen molar-refractivity contribution in [2.75, 3.05) is 6.54 Å². The SMILES string of the molecule is S=C1NCC(c2ccccc2)(c2ccccc2)N1. The molecule has 1 aliphatic heterocycles. The van der Waals surface area contributed by atoms with E-state index in [9.17, 15) is 0 Å². The first kappa shape index (κ1) is 11.2. The van der Waals surface area contributed by atoms with Gasteiger partial charge in [0.25, 0.3) is 0 Å². The standard InChI is InChI=1S/C15H14N2S/c18-14-16-11-15(17-14,12-7-3-1-4-8-12)13-9-5-2-6-10-13/h1-10H,11H2,(H2,16,17,18). The van der Waals surface area contributed by atoms with Gasteiger partial charge in [-0.05, 0) is 23.3 Å². The first-order chi connectivity index (χ1) is 8.81. The summed E-state index contributed by atoms with van der Waals surface area (Å²) in [5.41, 5.74) is 2.20. The Balaban J connectivity index is 2.14. The quantitative estimate of drug-likeness (QED) is 0.805. The molecule has 0 radical (unpaired) electrons. The molecule has 1 heterocycles. The van der Waals surface area contributed by atoms with Gasteiger partial charge < -0.3 is 10.6 Å². The van der Waals surface area contributed by atoms with E-state index >= 15 is 0 Å². The van der Waals surface area contributed by atoms with Crippen molar-refractivity contribution in [2.24, 2.45) is 0 Å². The maximum Gasteiger partial charge on any atom is 0.167 e. The van der Waals surface area contributed by atoms with Crippen molar-refractivity contribution in [3.05, 3.63) is 71.8 Å². The van der Waals surface area contributed by atoms with Crippen molar-refractivity contribution in [1.29, 1.82) is 0 Å². The number of rotatable bonds is 2. The molecular weight excluding hydrogens is 240 g/mol. The van der Waals surface area contributed by atoms with Crippen molar-refractivity contribution < 1.29 is 0 Å². The van der Waals surface area contributed by atoms with Crippen LogP contribution in [0.5, 0.6) is 0 Å². The monoisotopic (exact) mass is 254 g/mol. The molecule has 1 aliphatic rings. The molecule has 2 aromatic rings. The Hall–Kier alpha value is -1.87. The summed E-state index contributed by atoms with van der Waals surface area (Å²) in [4.78, 5) is 0. The van der Waals surface area contributed by atoms with E-state index in [1.807, 2.05) is 12.1 Å². The van der Waals surface area contributed by atoms with Gasteiger partial charge in [0.15, 0.2) is 5.11 Å². The Bertz CT molecular complexity index is 512. The van der Waals surface area contributed by atoms with Gasteiger partial charge >= 0.3 is 0 Å². The molecule has 90 valence electrons. The predicted octanol–water partition coefficient (Wildman–Crippen LogP) is 2.41. The minimum Gasteiger partial charge on any atom is -0.360 e. The summed E-state index contributed by atoms with van der Waals surface area (Å²) in [6, 6.07) is 20.8. The fraction of sp³-hybridized carbons (Fsp3) is 0.133.